The number of methoxy groups -OCH3 is 1. The summed E-state index contributed by atoms with van der Waals surface area (Å²) in [5, 5.41) is 8.76. The van der Waals surface area contributed by atoms with E-state index in [1.807, 2.05) is 0 Å². The number of aryl methyl sites for hydroxylation is 1. The zero-order chi connectivity index (χ0) is 10.0. The van der Waals surface area contributed by atoms with Gasteiger partial charge in [0.05, 0.1) is 11.6 Å². The Hall–Kier alpha value is -1.10. The molecule has 1 aromatic heterocycles. The summed E-state index contributed by atoms with van der Waals surface area (Å²) in [6.45, 7) is 1.71. The molecule has 0 aliphatic rings. The first-order valence-electron chi connectivity index (χ1n) is 3.50. The molecule has 1 heterocycles. The quantitative estimate of drug-likeness (QED) is 0.865. The molecule has 0 atom stereocenters. The van der Waals surface area contributed by atoms with Crippen molar-refractivity contribution in [2.24, 2.45) is 0 Å². The molecule has 0 unspecified atom stereocenters. The lowest BCUT2D eigenvalue weighted by Gasteiger charge is -2.06. The number of carboxylic acids is 1. The molecule has 0 aliphatic carbocycles. The lowest BCUT2D eigenvalue weighted by Crippen LogP contribution is -2.04. The van der Waals surface area contributed by atoms with Crippen molar-refractivity contribution in [2.75, 3.05) is 7.11 Å². The van der Waals surface area contributed by atoms with Gasteiger partial charge in [-0.05, 0) is 22.9 Å². The first-order valence-corrected chi connectivity index (χ1v) is 4.30. The molecular weight excluding hydrogens is 238 g/mol. The van der Waals surface area contributed by atoms with Gasteiger partial charge in [0.15, 0.2) is 5.69 Å². The van der Waals surface area contributed by atoms with Gasteiger partial charge in [-0.1, -0.05) is 0 Å². The van der Waals surface area contributed by atoms with Gasteiger partial charge in [-0.2, -0.15) is 0 Å². The molecule has 0 aliphatic heterocycles. The molecule has 0 amide bonds. The monoisotopic (exact) mass is 245 g/mol. The molecule has 0 radical (unpaired) electrons. The summed E-state index contributed by atoms with van der Waals surface area (Å²) in [5.74, 6) is -0.598. The minimum atomic E-state index is -1.08. The van der Waals surface area contributed by atoms with Gasteiger partial charge in [-0.3, -0.25) is 0 Å². The van der Waals surface area contributed by atoms with Crippen molar-refractivity contribution < 1.29 is 14.6 Å². The highest BCUT2D eigenvalue weighted by molar-refractivity contribution is 9.10. The maximum absolute atomic E-state index is 10.7. The summed E-state index contributed by atoms with van der Waals surface area (Å²) >= 11 is 3.11. The number of aromatic nitrogens is 1. The molecule has 0 aromatic carbocycles. The third-order valence-electron chi connectivity index (χ3n) is 1.47. The number of hydrogen-bond acceptors (Lipinski definition) is 3. The molecule has 1 N–H and O–H groups in total. The molecule has 1 rings (SSSR count). The highest BCUT2D eigenvalue weighted by Gasteiger charge is 2.15. The van der Waals surface area contributed by atoms with Crippen LogP contribution in [0.25, 0.3) is 0 Å². The average molecular weight is 246 g/mol. The predicted molar refractivity (Wildman–Crippen MR) is 50.2 cm³/mol. The number of aromatic carboxylic acids is 1. The van der Waals surface area contributed by atoms with Crippen LogP contribution in [0.15, 0.2) is 10.5 Å². The van der Waals surface area contributed by atoms with Crippen LogP contribution in [0.2, 0.25) is 0 Å². The maximum Gasteiger partial charge on any atom is 0.355 e. The molecule has 13 heavy (non-hydrogen) atoms. The van der Waals surface area contributed by atoms with Crippen LogP contribution in [0.3, 0.4) is 0 Å². The first kappa shape index (κ1) is 9.98. The van der Waals surface area contributed by atoms with Crippen LogP contribution in [0.5, 0.6) is 5.75 Å². The third kappa shape index (κ3) is 1.98. The van der Waals surface area contributed by atoms with E-state index in [1.54, 1.807) is 13.0 Å². The summed E-state index contributed by atoms with van der Waals surface area (Å²) in [5.41, 5.74) is 0.578. The van der Waals surface area contributed by atoms with E-state index in [0.717, 1.165) is 0 Å². The van der Waals surface area contributed by atoms with Gasteiger partial charge >= 0.3 is 5.97 Å². The zero-order valence-corrected chi connectivity index (χ0v) is 8.75. The van der Waals surface area contributed by atoms with Crippen LogP contribution in [0.4, 0.5) is 0 Å². The fourth-order valence-corrected chi connectivity index (χ4v) is 1.45. The van der Waals surface area contributed by atoms with E-state index in [-0.39, 0.29) is 5.69 Å². The fourth-order valence-electron chi connectivity index (χ4n) is 0.918. The van der Waals surface area contributed by atoms with Crippen LogP contribution >= 0.6 is 15.9 Å². The van der Waals surface area contributed by atoms with E-state index in [4.69, 9.17) is 9.84 Å². The van der Waals surface area contributed by atoms with Gasteiger partial charge in [-0.25, -0.2) is 9.78 Å². The standard InChI is InChI=1S/C8H8BrNO3/c1-4-3-5(13-2)6(9)7(10-4)8(11)12/h3H,1-2H3,(H,11,12). The van der Waals surface area contributed by atoms with E-state index in [1.165, 1.54) is 7.11 Å². The number of carboxylic acid groups (broad SMARTS) is 1. The lowest BCUT2D eigenvalue weighted by molar-refractivity contribution is 0.0688. The Morgan fingerprint density at radius 2 is 2.31 bits per heavy atom. The van der Waals surface area contributed by atoms with Crippen molar-refractivity contribution in [3.8, 4) is 5.75 Å². The molecular formula is C8H8BrNO3. The number of halogens is 1. The first-order chi connectivity index (χ1) is 6.06. The van der Waals surface area contributed by atoms with Crippen molar-refractivity contribution in [2.45, 2.75) is 6.92 Å². The molecule has 5 heteroatoms. The Kier molecular flexibility index (Phi) is 2.87. The number of pyridine rings is 1. The van der Waals surface area contributed by atoms with Gasteiger partial charge in [0.2, 0.25) is 0 Å². The number of nitrogens with zero attached hydrogens (tertiary/aromatic N) is 1. The van der Waals surface area contributed by atoms with Crippen LogP contribution in [0.1, 0.15) is 16.2 Å². The van der Waals surface area contributed by atoms with Crippen molar-refractivity contribution in [1.29, 1.82) is 0 Å². The van der Waals surface area contributed by atoms with Crippen molar-refractivity contribution in [3.05, 3.63) is 21.9 Å². The normalized spacial score (nSPS) is 9.77. The molecule has 0 spiro atoms. The van der Waals surface area contributed by atoms with Crippen LogP contribution in [-0.2, 0) is 0 Å². The second kappa shape index (κ2) is 3.74. The highest BCUT2D eigenvalue weighted by atomic mass is 79.9. The van der Waals surface area contributed by atoms with E-state index >= 15 is 0 Å². The average Bonchev–Trinajstić information content (AvgIpc) is 2.08. The summed E-state index contributed by atoms with van der Waals surface area (Å²) in [6, 6.07) is 1.66. The van der Waals surface area contributed by atoms with E-state index in [9.17, 15) is 4.79 Å². The lowest BCUT2D eigenvalue weighted by atomic mass is 10.3. The molecule has 1 aromatic rings. The Bertz CT molecular complexity index is 351. The molecule has 0 bridgehead atoms. The van der Waals surface area contributed by atoms with E-state index in [2.05, 4.69) is 20.9 Å². The van der Waals surface area contributed by atoms with Crippen LogP contribution in [0, 0.1) is 6.92 Å². The predicted octanol–water partition coefficient (Wildman–Crippen LogP) is 1.86. The second-order valence-corrected chi connectivity index (χ2v) is 3.23. The number of carbonyl (C=O) groups is 1. The van der Waals surface area contributed by atoms with Crippen LogP contribution < -0.4 is 4.74 Å². The maximum atomic E-state index is 10.7. The Morgan fingerprint density at radius 3 is 2.77 bits per heavy atom. The SMILES string of the molecule is COc1cc(C)nc(C(=O)O)c1Br. The Balaban J connectivity index is 3.35. The Labute approximate surface area is 83.7 Å². The minimum Gasteiger partial charge on any atom is -0.495 e. The summed E-state index contributed by atoms with van der Waals surface area (Å²) in [6.07, 6.45) is 0. The van der Waals surface area contributed by atoms with Gasteiger partial charge in [-0.15, -0.1) is 0 Å². The highest BCUT2D eigenvalue weighted by Crippen LogP contribution is 2.27. The topological polar surface area (TPSA) is 59.4 Å². The zero-order valence-electron chi connectivity index (χ0n) is 7.17. The van der Waals surface area contributed by atoms with Gasteiger partial charge < -0.3 is 9.84 Å². The van der Waals surface area contributed by atoms with Gasteiger partial charge in [0.1, 0.15) is 5.75 Å². The van der Waals surface area contributed by atoms with Crippen molar-refractivity contribution in [3.63, 3.8) is 0 Å². The molecule has 70 valence electrons. The Morgan fingerprint density at radius 1 is 1.69 bits per heavy atom. The molecule has 0 saturated heterocycles. The van der Waals surface area contributed by atoms with E-state index in [0.29, 0.717) is 15.9 Å². The van der Waals surface area contributed by atoms with Gasteiger partial charge in [0, 0.05) is 11.8 Å². The number of ether oxygens (including phenoxy) is 1. The molecule has 0 saturated carbocycles. The van der Waals surface area contributed by atoms with Crippen LogP contribution in [-0.4, -0.2) is 23.2 Å². The van der Waals surface area contributed by atoms with Crippen molar-refractivity contribution in [1.82, 2.24) is 4.98 Å². The van der Waals surface area contributed by atoms with Crippen molar-refractivity contribution >= 4 is 21.9 Å². The minimum absolute atomic E-state index is 0.0307. The number of hydrogen-bond donors (Lipinski definition) is 1. The number of rotatable bonds is 2. The summed E-state index contributed by atoms with van der Waals surface area (Å²) in [4.78, 5) is 14.5. The smallest absolute Gasteiger partial charge is 0.355 e. The summed E-state index contributed by atoms with van der Waals surface area (Å²) in [7, 11) is 1.48. The second-order valence-electron chi connectivity index (χ2n) is 2.43. The van der Waals surface area contributed by atoms with E-state index < -0.39 is 5.97 Å². The molecule has 4 nitrogen and oxygen atoms in total. The third-order valence-corrected chi connectivity index (χ3v) is 2.24. The van der Waals surface area contributed by atoms with Gasteiger partial charge in [0.25, 0.3) is 0 Å². The largest absolute Gasteiger partial charge is 0.495 e. The summed E-state index contributed by atoms with van der Waals surface area (Å²) < 4.78 is 5.34. The molecule has 0 fully saturated rings. The fraction of sp³-hybridized carbons (Fsp3) is 0.250.